The Morgan fingerprint density at radius 1 is 1.29 bits per heavy atom. The maximum Gasteiger partial charge on any atom is 0.262 e. The van der Waals surface area contributed by atoms with Crippen LogP contribution in [-0.4, -0.2) is 15.5 Å². The average Bonchev–Trinajstić information content (AvgIpc) is 3.07. The molecule has 28 heavy (non-hydrogen) atoms. The van der Waals surface area contributed by atoms with E-state index < -0.39 is 0 Å². The molecule has 0 aliphatic heterocycles. The van der Waals surface area contributed by atoms with Crippen molar-refractivity contribution < 1.29 is 4.79 Å². The molecule has 6 heteroatoms. The molecule has 0 saturated heterocycles. The van der Waals surface area contributed by atoms with E-state index in [4.69, 9.17) is 0 Å². The smallest absolute Gasteiger partial charge is 0.262 e. The number of hydrogen-bond donors (Lipinski definition) is 1. The molecule has 0 radical (unpaired) electrons. The number of nitrogens with one attached hydrogen (secondary N) is 1. The average molecular weight is 396 g/mol. The molecule has 1 unspecified atom stereocenters. The first-order chi connectivity index (χ1) is 13.5. The molecule has 4 rings (SSSR count). The lowest BCUT2D eigenvalue weighted by molar-refractivity contribution is -0.121. The summed E-state index contributed by atoms with van der Waals surface area (Å²) in [5.74, 6) is -0.0601. The molecule has 3 aromatic rings. The number of aromatic nitrogens is 2. The van der Waals surface area contributed by atoms with Gasteiger partial charge in [-0.15, -0.1) is 11.3 Å². The SMILES string of the molecule is Cc1ccccc1C(C)NC(=O)CCn1cnc2sc3c(c2c1=O)CCCC3. The molecular formula is C22H25N3O2S. The van der Waals surface area contributed by atoms with Crippen LogP contribution < -0.4 is 10.9 Å². The van der Waals surface area contributed by atoms with Gasteiger partial charge < -0.3 is 5.32 Å². The van der Waals surface area contributed by atoms with E-state index >= 15 is 0 Å². The highest BCUT2D eigenvalue weighted by molar-refractivity contribution is 7.18. The summed E-state index contributed by atoms with van der Waals surface area (Å²) in [5.41, 5.74) is 3.45. The molecule has 146 valence electrons. The topological polar surface area (TPSA) is 64.0 Å². The lowest BCUT2D eigenvalue weighted by Crippen LogP contribution is -2.30. The van der Waals surface area contributed by atoms with E-state index in [1.807, 2.05) is 38.1 Å². The number of aryl methyl sites for hydroxylation is 4. The van der Waals surface area contributed by atoms with Crippen molar-refractivity contribution in [2.45, 2.75) is 58.5 Å². The van der Waals surface area contributed by atoms with Crippen LogP contribution in [0.4, 0.5) is 0 Å². The zero-order chi connectivity index (χ0) is 19.7. The van der Waals surface area contributed by atoms with E-state index in [0.29, 0.717) is 6.54 Å². The van der Waals surface area contributed by atoms with Gasteiger partial charge in [-0.2, -0.15) is 0 Å². The fourth-order valence-corrected chi connectivity index (χ4v) is 5.25. The normalized spacial score (nSPS) is 14.6. The van der Waals surface area contributed by atoms with E-state index in [2.05, 4.69) is 10.3 Å². The van der Waals surface area contributed by atoms with Gasteiger partial charge in [-0.05, 0) is 56.2 Å². The molecule has 1 amide bonds. The minimum Gasteiger partial charge on any atom is -0.350 e. The Hall–Kier alpha value is -2.47. The van der Waals surface area contributed by atoms with Crippen molar-refractivity contribution in [2.75, 3.05) is 0 Å². The first-order valence-electron chi connectivity index (χ1n) is 9.89. The number of benzene rings is 1. The first kappa shape index (κ1) is 18.9. The summed E-state index contributed by atoms with van der Waals surface area (Å²) in [6.07, 6.45) is 6.18. The number of carbonyl (C=O) groups is 1. The number of hydrogen-bond acceptors (Lipinski definition) is 4. The van der Waals surface area contributed by atoms with E-state index in [-0.39, 0.29) is 23.9 Å². The molecule has 2 aromatic heterocycles. The summed E-state index contributed by atoms with van der Waals surface area (Å²) in [4.78, 5) is 32.0. The number of carbonyl (C=O) groups excluding carboxylic acids is 1. The summed E-state index contributed by atoms with van der Waals surface area (Å²) < 4.78 is 1.59. The lowest BCUT2D eigenvalue weighted by atomic mass is 9.97. The van der Waals surface area contributed by atoms with E-state index in [1.165, 1.54) is 16.9 Å². The molecule has 1 aliphatic rings. The van der Waals surface area contributed by atoms with Crippen LogP contribution in [0.5, 0.6) is 0 Å². The molecule has 1 aliphatic carbocycles. The number of rotatable bonds is 5. The van der Waals surface area contributed by atoms with Crippen molar-refractivity contribution in [3.63, 3.8) is 0 Å². The first-order valence-corrected chi connectivity index (χ1v) is 10.7. The van der Waals surface area contributed by atoms with E-state index in [0.717, 1.165) is 40.6 Å². The number of amides is 1. The van der Waals surface area contributed by atoms with Gasteiger partial charge >= 0.3 is 0 Å². The molecule has 0 spiro atoms. The van der Waals surface area contributed by atoms with E-state index in [1.54, 1.807) is 22.2 Å². The van der Waals surface area contributed by atoms with Gasteiger partial charge in [-0.3, -0.25) is 14.2 Å². The molecule has 1 aromatic carbocycles. The van der Waals surface area contributed by atoms with Crippen LogP contribution in [0.3, 0.4) is 0 Å². The predicted octanol–water partition coefficient (Wildman–Crippen LogP) is 3.91. The second-order valence-electron chi connectivity index (χ2n) is 7.53. The van der Waals surface area contributed by atoms with Crippen LogP contribution in [-0.2, 0) is 24.2 Å². The summed E-state index contributed by atoms with van der Waals surface area (Å²) in [5, 5.41) is 3.81. The van der Waals surface area contributed by atoms with Gasteiger partial charge in [0.05, 0.1) is 17.8 Å². The summed E-state index contributed by atoms with van der Waals surface area (Å²) >= 11 is 1.65. The van der Waals surface area contributed by atoms with Crippen molar-refractivity contribution in [2.24, 2.45) is 0 Å². The Labute approximate surface area is 168 Å². The van der Waals surface area contributed by atoms with Crippen molar-refractivity contribution >= 4 is 27.5 Å². The molecule has 1 atom stereocenters. The third-order valence-electron chi connectivity index (χ3n) is 5.55. The Kier molecular flexibility index (Phi) is 5.31. The molecular weight excluding hydrogens is 370 g/mol. The van der Waals surface area contributed by atoms with Gasteiger partial charge in [0, 0.05) is 17.8 Å². The number of thiophene rings is 1. The Bertz CT molecular complexity index is 1080. The Balaban J connectivity index is 1.47. The fourth-order valence-electron chi connectivity index (χ4n) is 4.03. The maximum atomic E-state index is 13.0. The van der Waals surface area contributed by atoms with Crippen LogP contribution in [0.25, 0.3) is 10.2 Å². The Morgan fingerprint density at radius 3 is 2.89 bits per heavy atom. The van der Waals surface area contributed by atoms with Crippen LogP contribution >= 0.6 is 11.3 Å². The minimum atomic E-state index is -0.0603. The van der Waals surface area contributed by atoms with Crippen LogP contribution in [0, 0.1) is 6.92 Å². The van der Waals surface area contributed by atoms with Crippen molar-refractivity contribution in [1.82, 2.24) is 14.9 Å². The van der Waals surface area contributed by atoms with Gasteiger partial charge in [-0.25, -0.2) is 4.98 Å². The highest BCUT2D eigenvalue weighted by Crippen LogP contribution is 2.33. The standard InChI is InChI=1S/C22H25N3O2S/c1-14-7-3-4-8-16(14)15(2)24-19(26)11-12-25-13-23-21-20(22(25)27)17-9-5-6-10-18(17)28-21/h3-4,7-8,13,15H,5-6,9-12H2,1-2H3,(H,24,26). The van der Waals surface area contributed by atoms with Crippen molar-refractivity contribution in [3.05, 3.63) is 62.5 Å². The molecule has 5 nitrogen and oxygen atoms in total. The second-order valence-corrected chi connectivity index (χ2v) is 8.61. The van der Waals surface area contributed by atoms with Gasteiger partial charge in [0.25, 0.3) is 5.56 Å². The Morgan fingerprint density at radius 2 is 2.07 bits per heavy atom. The zero-order valence-electron chi connectivity index (χ0n) is 16.3. The third-order valence-corrected chi connectivity index (χ3v) is 6.75. The quantitative estimate of drug-likeness (QED) is 0.712. The highest BCUT2D eigenvalue weighted by atomic mass is 32.1. The maximum absolute atomic E-state index is 13.0. The van der Waals surface area contributed by atoms with E-state index in [9.17, 15) is 9.59 Å². The number of fused-ring (bicyclic) bond motifs is 3. The summed E-state index contributed by atoms with van der Waals surface area (Å²) in [7, 11) is 0. The van der Waals surface area contributed by atoms with Gasteiger partial charge in [-0.1, -0.05) is 24.3 Å². The fraction of sp³-hybridized carbons (Fsp3) is 0.409. The van der Waals surface area contributed by atoms with Crippen LogP contribution in [0.1, 0.15) is 53.8 Å². The molecule has 1 N–H and O–H groups in total. The van der Waals surface area contributed by atoms with Crippen LogP contribution in [0.2, 0.25) is 0 Å². The summed E-state index contributed by atoms with van der Waals surface area (Å²) in [6.45, 7) is 4.37. The number of nitrogens with zero attached hydrogens (tertiary/aromatic N) is 2. The van der Waals surface area contributed by atoms with Gasteiger partial charge in [0.1, 0.15) is 4.83 Å². The minimum absolute atomic E-state index is 0.0100. The highest BCUT2D eigenvalue weighted by Gasteiger charge is 2.20. The lowest BCUT2D eigenvalue weighted by Gasteiger charge is -2.16. The monoisotopic (exact) mass is 395 g/mol. The van der Waals surface area contributed by atoms with Gasteiger partial charge in [0.15, 0.2) is 0 Å². The van der Waals surface area contributed by atoms with Crippen LogP contribution in [0.15, 0.2) is 35.4 Å². The zero-order valence-corrected chi connectivity index (χ0v) is 17.1. The molecule has 2 heterocycles. The van der Waals surface area contributed by atoms with Crippen molar-refractivity contribution in [3.8, 4) is 0 Å². The predicted molar refractivity (Wildman–Crippen MR) is 113 cm³/mol. The van der Waals surface area contributed by atoms with Gasteiger partial charge in [0.2, 0.25) is 5.91 Å². The summed E-state index contributed by atoms with van der Waals surface area (Å²) in [6, 6.07) is 7.98. The molecule has 0 bridgehead atoms. The largest absolute Gasteiger partial charge is 0.350 e. The third kappa shape index (κ3) is 3.61. The molecule has 0 fully saturated rings. The molecule has 0 saturated carbocycles. The van der Waals surface area contributed by atoms with Crippen molar-refractivity contribution in [1.29, 1.82) is 0 Å². The second kappa shape index (κ2) is 7.87.